The molecule has 16 heavy (non-hydrogen) atoms. The largest absolute Gasteiger partial charge is 0.354 e. The minimum absolute atomic E-state index is 0.138. The van der Waals surface area contributed by atoms with Gasteiger partial charge in [-0.05, 0) is 6.92 Å². The summed E-state index contributed by atoms with van der Waals surface area (Å²) >= 11 is 0. The maximum atomic E-state index is 5.15. The Morgan fingerprint density at radius 2 is 2.12 bits per heavy atom. The van der Waals surface area contributed by atoms with Crippen molar-refractivity contribution in [1.29, 1.82) is 0 Å². The van der Waals surface area contributed by atoms with Crippen LogP contribution in [0.5, 0.6) is 0 Å². The number of hydrogen-bond donors (Lipinski definition) is 1. The molecule has 0 saturated heterocycles. The normalized spacial score (nSPS) is 13.3. The molecule has 1 rings (SSSR count). The van der Waals surface area contributed by atoms with Crippen molar-refractivity contribution in [3.8, 4) is 0 Å². The molecular formula is C10H20N4O2. The molecule has 1 heterocycles. The van der Waals surface area contributed by atoms with Crippen molar-refractivity contribution < 1.29 is 9.47 Å². The van der Waals surface area contributed by atoms with Crippen LogP contribution in [-0.2, 0) is 22.9 Å². The van der Waals surface area contributed by atoms with Gasteiger partial charge in [-0.1, -0.05) is 0 Å². The van der Waals surface area contributed by atoms with Gasteiger partial charge in [0.15, 0.2) is 12.1 Å². The fraction of sp³-hybridized carbons (Fsp3) is 0.800. The first-order valence-electron chi connectivity index (χ1n) is 5.31. The standard InChI is InChI=1S/C10H20N4O2/c1-8(10(15-3)16-4)11-6-5-9-12-7-14(2)13-9/h7-8,10-11H,5-6H2,1-4H3. The van der Waals surface area contributed by atoms with E-state index in [4.69, 9.17) is 9.47 Å². The third kappa shape index (κ3) is 3.88. The summed E-state index contributed by atoms with van der Waals surface area (Å²) in [5.41, 5.74) is 0. The second-order valence-corrected chi connectivity index (χ2v) is 3.67. The van der Waals surface area contributed by atoms with Crippen molar-refractivity contribution in [3.63, 3.8) is 0 Å². The maximum Gasteiger partial charge on any atom is 0.171 e. The summed E-state index contributed by atoms with van der Waals surface area (Å²) in [4.78, 5) is 4.15. The summed E-state index contributed by atoms with van der Waals surface area (Å²) < 4.78 is 12.0. The molecule has 0 aliphatic heterocycles. The second kappa shape index (κ2) is 6.57. The zero-order chi connectivity index (χ0) is 12.0. The lowest BCUT2D eigenvalue weighted by molar-refractivity contribution is -0.119. The zero-order valence-electron chi connectivity index (χ0n) is 10.3. The fourth-order valence-corrected chi connectivity index (χ4v) is 1.51. The van der Waals surface area contributed by atoms with Crippen molar-refractivity contribution in [2.24, 2.45) is 7.05 Å². The first-order valence-corrected chi connectivity index (χ1v) is 5.31. The lowest BCUT2D eigenvalue weighted by atomic mass is 10.3. The lowest BCUT2D eigenvalue weighted by Gasteiger charge is -2.21. The minimum atomic E-state index is -0.225. The predicted molar refractivity (Wildman–Crippen MR) is 60.0 cm³/mol. The van der Waals surface area contributed by atoms with Crippen LogP contribution in [0.3, 0.4) is 0 Å². The molecule has 0 bridgehead atoms. The maximum absolute atomic E-state index is 5.15. The Bertz CT molecular complexity index is 299. The molecular weight excluding hydrogens is 208 g/mol. The van der Waals surface area contributed by atoms with Crippen LogP contribution in [0.25, 0.3) is 0 Å². The van der Waals surface area contributed by atoms with Gasteiger partial charge in [-0.3, -0.25) is 4.68 Å². The van der Waals surface area contributed by atoms with Gasteiger partial charge < -0.3 is 14.8 Å². The van der Waals surface area contributed by atoms with E-state index >= 15 is 0 Å². The van der Waals surface area contributed by atoms with E-state index in [1.54, 1.807) is 25.2 Å². The summed E-state index contributed by atoms with van der Waals surface area (Å²) in [7, 11) is 5.12. The van der Waals surface area contributed by atoms with Crippen molar-refractivity contribution in [2.45, 2.75) is 25.7 Å². The molecule has 0 saturated carbocycles. The quantitative estimate of drug-likeness (QED) is 0.663. The molecule has 0 aliphatic rings. The van der Waals surface area contributed by atoms with E-state index in [-0.39, 0.29) is 12.3 Å². The smallest absolute Gasteiger partial charge is 0.171 e. The molecule has 92 valence electrons. The van der Waals surface area contributed by atoms with Crippen LogP contribution in [0.1, 0.15) is 12.7 Å². The molecule has 1 aromatic rings. The number of aryl methyl sites for hydroxylation is 1. The Morgan fingerprint density at radius 3 is 2.62 bits per heavy atom. The third-order valence-electron chi connectivity index (χ3n) is 2.33. The first-order chi connectivity index (χ1) is 7.67. The van der Waals surface area contributed by atoms with E-state index < -0.39 is 0 Å². The highest BCUT2D eigenvalue weighted by Crippen LogP contribution is 1.98. The van der Waals surface area contributed by atoms with E-state index in [1.807, 2.05) is 14.0 Å². The Kier molecular flexibility index (Phi) is 5.37. The number of methoxy groups -OCH3 is 2. The summed E-state index contributed by atoms with van der Waals surface area (Å²) in [6.45, 7) is 2.82. The number of ether oxygens (including phenoxy) is 2. The third-order valence-corrected chi connectivity index (χ3v) is 2.33. The van der Waals surface area contributed by atoms with Gasteiger partial charge >= 0.3 is 0 Å². The van der Waals surface area contributed by atoms with Crippen LogP contribution in [0.4, 0.5) is 0 Å². The SMILES string of the molecule is COC(OC)C(C)NCCc1ncn(C)n1. The number of nitrogens with zero attached hydrogens (tertiary/aromatic N) is 3. The van der Waals surface area contributed by atoms with Crippen LogP contribution >= 0.6 is 0 Å². The van der Waals surface area contributed by atoms with Crippen molar-refractivity contribution in [2.75, 3.05) is 20.8 Å². The van der Waals surface area contributed by atoms with Crippen LogP contribution in [0.15, 0.2) is 6.33 Å². The van der Waals surface area contributed by atoms with Crippen molar-refractivity contribution >= 4 is 0 Å². The summed E-state index contributed by atoms with van der Waals surface area (Å²) in [6.07, 6.45) is 2.27. The highest BCUT2D eigenvalue weighted by atomic mass is 16.7. The Balaban J connectivity index is 2.24. The van der Waals surface area contributed by atoms with Gasteiger partial charge in [0.1, 0.15) is 6.33 Å². The highest BCUT2D eigenvalue weighted by molar-refractivity contribution is 4.82. The minimum Gasteiger partial charge on any atom is -0.354 e. The average molecular weight is 228 g/mol. The number of aromatic nitrogens is 3. The van der Waals surface area contributed by atoms with E-state index in [0.717, 1.165) is 18.8 Å². The first kappa shape index (κ1) is 13.1. The Hall–Kier alpha value is -0.980. The van der Waals surface area contributed by atoms with Gasteiger partial charge in [-0.15, -0.1) is 0 Å². The molecule has 0 fully saturated rings. The van der Waals surface area contributed by atoms with Gasteiger partial charge in [0.25, 0.3) is 0 Å². The van der Waals surface area contributed by atoms with Crippen LogP contribution in [-0.4, -0.2) is 47.9 Å². The van der Waals surface area contributed by atoms with Crippen LogP contribution in [0.2, 0.25) is 0 Å². The Labute approximate surface area is 96.0 Å². The summed E-state index contributed by atoms with van der Waals surface area (Å²) in [5, 5.41) is 7.50. The molecule has 0 amide bonds. The summed E-state index contributed by atoms with van der Waals surface area (Å²) in [5.74, 6) is 0.841. The molecule has 6 nitrogen and oxygen atoms in total. The molecule has 1 N–H and O–H groups in total. The van der Waals surface area contributed by atoms with Gasteiger partial charge in [0, 0.05) is 34.2 Å². The van der Waals surface area contributed by atoms with Crippen LogP contribution in [0, 0.1) is 0 Å². The van der Waals surface area contributed by atoms with E-state index in [0.29, 0.717) is 0 Å². The molecule has 0 aromatic carbocycles. The lowest BCUT2D eigenvalue weighted by Crippen LogP contribution is -2.40. The predicted octanol–water partition coefficient (Wildman–Crippen LogP) is -0.0454. The zero-order valence-corrected chi connectivity index (χ0v) is 10.3. The van der Waals surface area contributed by atoms with Crippen LogP contribution < -0.4 is 5.32 Å². The van der Waals surface area contributed by atoms with Gasteiger partial charge in [-0.25, -0.2) is 4.98 Å². The Morgan fingerprint density at radius 1 is 1.44 bits per heavy atom. The molecule has 6 heteroatoms. The second-order valence-electron chi connectivity index (χ2n) is 3.67. The molecule has 1 unspecified atom stereocenters. The molecule has 1 atom stereocenters. The van der Waals surface area contributed by atoms with Gasteiger partial charge in [-0.2, -0.15) is 5.10 Å². The van der Waals surface area contributed by atoms with Crippen molar-refractivity contribution in [3.05, 3.63) is 12.2 Å². The topological polar surface area (TPSA) is 61.2 Å². The number of nitrogens with one attached hydrogen (secondary N) is 1. The molecule has 1 aromatic heterocycles. The molecule has 0 aliphatic carbocycles. The monoisotopic (exact) mass is 228 g/mol. The average Bonchev–Trinajstić information content (AvgIpc) is 2.66. The fourth-order valence-electron chi connectivity index (χ4n) is 1.51. The number of rotatable bonds is 7. The number of hydrogen-bond acceptors (Lipinski definition) is 5. The molecule has 0 radical (unpaired) electrons. The van der Waals surface area contributed by atoms with E-state index in [1.165, 1.54) is 0 Å². The summed E-state index contributed by atoms with van der Waals surface area (Å²) in [6, 6.07) is 0.138. The highest BCUT2D eigenvalue weighted by Gasteiger charge is 2.14. The van der Waals surface area contributed by atoms with Gasteiger partial charge in [0.05, 0.1) is 6.04 Å². The van der Waals surface area contributed by atoms with Crippen molar-refractivity contribution in [1.82, 2.24) is 20.1 Å². The van der Waals surface area contributed by atoms with E-state index in [2.05, 4.69) is 15.4 Å². The molecule has 0 spiro atoms. The van der Waals surface area contributed by atoms with E-state index in [9.17, 15) is 0 Å². The van der Waals surface area contributed by atoms with Gasteiger partial charge in [0.2, 0.25) is 0 Å².